The molecule has 1 unspecified atom stereocenters. The molecule has 1 aromatic carbocycles. The maximum absolute atomic E-state index is 13.8. The lowest BCUT2D eigenvalue weighted by Crippen LogP contribution is -2.80. The number of aromatic nitrogens is 2. The number of non-ortho nitro benzene ring substituents is 1. The van der Waals surface area contributed by atoms with E-state index < -0.39 is 161 Å². The van der Waals surface area contributed by atoms with Crippen LogP contribution in [-0.2, 0) is 56.4 Å². The van der Waals surface area contributed by atoms with Gasteiger partial charge in [0.25, 0.3) is 7.82 Å². The molecule has 32 heteroatoms. The number of unbranched alkanes of at least 4 members (excludes halogenated alkanes) is 20. The average Bonchev–Trinajstić information content (AvgIpc) is 0.908. The summed E-state index contributed by atoms with van der Waals surface area (Å²) in [5.74, 6) is -2.04. The molecule has 2 saturated heterocycles. The number of quaternary nitrogens is 1. The van der Waals surface area contributed by atoms with Gasteiger partial charge in [-0.15, -0.1) is 0 Å². The van der Waals surface area contributed by atoms with E-state index in [0.717, 1.165) is 70.3 Å². The second-order valence-corrected chi connectivity index (χ2v) is 24.9. The monoisotopic (exact) mass is 1310 g/mol. The summed E-state index contributed by atoms with van der Waals surface area (Å²) in [6.07, 6.45) is -8.83. The number of aliphatic hydroxyl groups excluding tert-OH is 9. The van der Waals surface area contributed by atoms with Crippen molar-refractivity contribution >= 4 is 48.1 Å². The van der Waals surface area contributed by atoms with Crippen LogP contribution in [0, 0.1) is 10.1 Å². The van der Waals surface area contributed by atoms with Gasteiger partial charge < -0.3 is 105 Å². The quantitative estimate of drug-likeness (QED) is 0.0147. The van der Waals surface area contributed by atoms with E-state index in [0.29, 0.717) is 12.8 Å². The van der Waals surface area contributed by atoms with E-state index in [2.05, 4.69) is 45.2 Å². The third-order valence-electron chi connectivity index (χ3n) is 16.4. The number of carbonyl (C=O) groups excluding carboxylic acids is 3. The zero-order valence-corrected chi connectivity index (χ0v) is 52.6. The Labute approximate surface area is 523 Å². The Kier molecular flexibility index (Phi) is 34.1. The minimum absolute atomic E-state index is 0.00257. The van der Waals surface area contributed by atoms with Crippen molar-refractivity contribution < 1.29 is 123 Å². The number of phosphoric acid groups is 1. The van der Waals surface area contributed by atoms with E-state index in [-0.39, 0.29) is 48.2 Å². The highest BCUT2D eigenvalue weighted by Crippen LogP contribution is 2.45. The molecule has 0 bridgehead atoms. The summed E-state index contributed by atoms with van der Waals surface area (Å²) in [5.41, 5.74) is 3.56. The van der Waals surface area contributed by atoms with Crippen LogP contribution in [0.3, 0.4) is 0 Å². The molecule has 1 saturated carbocycles. The Morgan fingerprint density at radius 1 is 0.633 bits per heavy atom. The standard InChI is InChI=1S/C58H99N6O25P/c1-3-5-7-9-11-13-15-17-19-21-23-25-41(67)81-33-35(83-42(68)26-24-22-20-18-16-14-12-10-8-6-4-2)34-82-90(79,80)88-56-52(75)50(73)49(72)51(74)55(56)87-57-43(59)47(70)54(86-58-53(76)48(71)46(69)39(32-65)85-58)38(84-57)31-61-40(66)29-30-60-36-27-28-37(64(77)78)45-44(36)62-89-63-45/h27-28,35,38-39,43,46-58,60,65,69-76H,3-26,29-34,59H2,1-2H3,(H,61,66)(H,79,80)/t35-,38-,39-,43-,46-,47-,48+,49-,50-,51+,52-,53+,54-,55-,56-,57-,58-/m1/s1. The Hall–Kier alpha value is -4.22. The van der Waals surface area contributed by atoms with Gasteiger partial charge in [-0.1, -0.05) is 142 Å². The number of esters is 2. The van der Waals surface area contributed by atoms with Gasteiger partial charge in [-0.05, 0) is 29.2 Å². The van der Waals surface area contributed by atoms with Crippen LogP contribution >= 0.6 is 7.82 Å². The minimum Gasteiger partial charge on any atom is -0.756 e. The summed E-state index contributed by atoms with van der Waals surface area (Å²) in [4.78, 5) is 64.0. The van der Waals surface area contributed by atoms with Crippen molar-refractivity contribution in [2.24, 2.45) is 0 Å². The molecule has 14 N–H and O–H groups in total. The van der Waals surface area contributed by atoms with Gasteiger partial charge in [0.05, 0.1) is 23.8 Å². The fourth-order valence-corrected chi connectivity index (χ4v) is 11.9. The van der Waals surface area contributed by atoms with Gasteiger partial charge in [-0.2, -0.15) is 0 Å². The van der Waals surface area contributed by atoms with Crippen LogP contribution in [-0.4, -0.2) is 216 Å². The molecule has 2 aromatic rings. The highest BCUT2D eigenvalue weighted by Gasteiger charge is 2.56. The van der Waals surface area contributed by atoms with Crippen molar-refractivity contribution in [1.29, 1.82) is 0 Å². The first kappa shape index (κ1) is 76.5. The van der Waals surface area contributed by atoms with Gasteiger partial charge in [0.15, 0.2) is 24.0 Å². The van der Waals surface area contributed by atoms with Gasteiger partial charge in [0, 0.05) is 38.4 Å². The van der Waals surface area contributed by atoms with Gasteiger partial charge in [0.2, 0.25) is 17.7 Å². The Bertz CT molecular complexity index is 2470. The summed E-state index contributed by atoms with van der Waals surface area (Å²) < 4.78 is 63.5. The Morgan fingerprint density at radius 2 is 1.14 bits per heavy atom. The van der Waals surface area contributed by atoms with Crippen molar-refractivity contribution in [3.8, 4) is 0 Å². The van der Waals surface area contributed by atoms with Crippen molar-refractivity contribution in [2.45, 2.75) is 278 Å². The van der Waals surface area contributed by atoms with E-state index in [4.69, 9.17) is 37.5 Å². The van der Waals surface area contributed by atoms with Crippen LogP contribution < -0.4 is 21.3 Å². The first-order valence-corrected chi connectivity index (χ1v) is 33.5. The Morgan fingerprint density at radius 3 is 1.71 bits per heavy atom. The topological polar surface area (TPSA) is 481 Å². The SMILES string of the molecule is CCCCCCCCCCCCCC(=O)OC[C@H](COP(=O)([O-])O[C@@H]1[C@H](O)[C@H](O)[C@@H](O)[C@H](O)[C@H]1O[C@H]1O[C@H](CNC(=O)CCNc2ccc([N+](=O)[O-])c3nonc23)[C@@H](O[C@H]2O[C@H](CO)[C@@H](O)[C@H](O)[C@@H]2O)[C@H](O)[C@H]1[NH3+])OC(=O)CCCCCCCCCCCCC. The number of carbonyl (C=O) groups is 3. The molecule has 0 radical (unpaired) electrons. The Balaban J connectivity index is 1.25. The number of nitrogens with zero attached hydrogens (tertiary/aromatic N) is 3. The number of nitrogens with one attached hydrogen (secondary N) is 2. The molecule has 1 amide bonds. The molecule has 2 aliphatic heterocycles. The molecule has 516 valence electrons. The number of hydrogen-bond acceptors (Lipinski definition) is 28. The van der Waals surface area contributed by atoms with Crippen molar-refractivity contribution in [2.75, 3.05) is 38.2 Å². The smallest absolute Gasteiger partial charge is 0.306 e. The molecule has 0 spiro atoms. The molecule has 1 aliphatic carbocycles. The molecule has 1 aromatic heterocycles. The van der Waals surface area contributed by atoms with Gasteiger partial charge in [-0.25, -0.2) is 4.63 Å². The fourth-order valence-electron chi connectivity index (χ4n) is 11.0. The van der Waals surface area contributed by atoms with Crippen LogP contribution in [0.4, 0.5) is 11.4 Å². The average molecular weight is 1310 g/mol. The van der Waals surface area contributed by atoms with E-state index in [1.807, 2.05) is 0 Å². The highest BCUT2D eigenvalue weighted by molar-refractivity contribution is 7.45. The van der Waals surface area contributed by atoms with Crippen molar-refractivity contribution in [3.05, 3.63) is 22.2 Å². The largest absolute Gasteiger partial charge is 0.756 e. The van der Waals surface area contributed by atoms with E-state index in [1.165, 1.54) is 70.3 Å². The van der Waals surface area contributed by atoms with E-state index in [1.54, 1.807) is 0 Å². The van der Waals surface area contributed by atoms with Crippen LogP contribution in [0.25, 0.3) is 11.0 Å². The normalized spacial score (nSPS) is 28.9. The number of fused-ring (bicyclic) bond motifs is 1. The van der Waals surface area contributed by atoms with Crippen molar-refractivity contribution in [3.63, 3.8) is 0 Å². The molecular weight excluding hydrogens is 1210 g/mol. The summed E-state index contributed by atoms with van der Waals surface area (Å²) in [5, 5.41) is 122. The summed E-state index contributed by atoms with van der Waals surface area (Å²) in [6.45, 7) is 1.19. The number of hydrogen-bond donors (Lipinski definition) is 12. The van der Waals surface area contributed by atoms with Crippen LogP contribution in [0.2, 0.25) is 0 Å². The van der Waals surface area contributed by atoms with E-state index >= 15 is 0 Å². The maximum Gasteiger partial charge on any atom is 0.306 e. The number of amides is 1. The third kappa shape index (κ3) is 24.3. The first-order valence-electron chi connectivity index (χ1n) is 32.0. The highest BCUT2D eigenvalue weighted by atomic mass is 31.2. The van der Waals surface area contributed by atoms with Crippen LogP contribution in [0.1, 0.15) is 174 Å². The number of ether oxygens (including phenoxy) is 6. The molecule has 31 nitrogen and oxygen atoms in total. The summed E-state index contributed by atoms with van der Waals surface area (Å²) in [7, 11) is -5.79. The molecule has 3 heterocycles. The number of aliphatic hydroxyl groups is 9. The molecule has 90 heavy (non-hydrogen) atoms. The lowest BCUT2D eigenvalue weighted by atomic mass is 9.84. The number of nitro groups is 1. The molecule has 3 aliphatic rings. The predicted molar refractivity (Wildman–Crippen MR) is 315 cm³/mol. The van der Waals surface area contributed by atoms with Crippen LogP contribution in [0.5, 0.6) is 0 Å². The summed E-state index contributed by atoms with van der Waals surface area (Å²) >= 11 is 0. The van der Waals surface area contributed by atoms with Gasteiger partial charge >= 0.3 is 17.6 Å². The first-order chi connectivity index (χ1) is 43.1. The number of nitro benzene ring substituents is 1. The van der Waals surface area contributed by atoms with E-state index in [9.17, 15) is 79.9 Å². The van der Waals surface area contributed by atoms with Gasteiger partial charge in [0.1, 0.15) is 86.0 Å². The zero-order chi connectivity index (χ0) is 65.8. The fraction of sp³-hybridized carbons (Fsp3) is 0.845. The third-order valence-corrected chi connectivity index (χ3v) is 17.4. The minimum atomic E-state index is -5.79. The molecule has 18 atom stereocenters. The van der Waals surface area contributed by atoms with Gasteiger partial charge in [-0.3, -0.25) is 29.1 Å². The number of benzene rings is 1. The number of anilines is 1. The zero-order valence-electron chi connectivity index (χ0n) is 51.7. The maximum atomic E-state index is 13.8. The second kappa shape index (κ2) is 40.1. The summed E-state index contributed by atoms with van der Waals surface area (Å²) in [6, 6.07) is 0.901. The lowest BCUT2D eigenvalue weighted by Gasteiger charge is -2.48. The number of phosphoric ester groups is 1. The van der Waals surface area contributed by atoms with Crippen LogP contribution in [0.15, 0.2) is 16.8 Å². The predicted octanol–water partition coefficient (Wildman–Crippen LogP) is 1.50. The molecule has 3 fully saturated rings. The number of rotatable bonds is 44. The second-order valence-electron chi connectivity index (χ2n) is 23.6. The lowest BCUT2D eigenvalue weighted by molar-refractivity contribution is -0.510. The van der Waals surface area contributed by atoms with Crippen molar-refractivity contribution in [1.82, 2.24) is 15.6 Å². The molecule has 5 rings (SSSR count). The molecular formula is C58H99N6O25P.